The van der Waals surface area contributed by atoms with Crippen LogP contribution in [0.5, 0.6) is 0 Å². The number of nitrogens with one attached hydrogen (secondary N) is 1. The zero-order valence-corrected chi connectivity index (χ0v) is 11.8. The molecular formula is C16H26N2. The summed E-state index contributed by atoms with van der Waals surface area (Å²) in [5.74, 6) is 0. The average Bonchev–Trinajstić information content (AvgIpc) is 2.42. The van der Waals surface area contributed by atoms with Crippen molar-refractivity contribution in [2.24, 2.45) is 0 Å². The SMILES string of the molecule is CCCCc1cccc2c1N(CCCC)CCN2. The summed E-state index contributed by atoms with van der Waals surface area (Å²) in [6, 6.07) is 6.73. The first-order valence-corrected chi connectivity index (χ1v) is 7.47. The number of anilines is 2. The van der Waals surface area contributed by atoms with Crippen LogP contribution >= 0.6 is 0 Å². The van der Waals surface area contributed by atoms with E-state index in [2.05, 4.69) is 42.3 Å². The second-order valence-electron chi connectivity index (χ2n) is 5.18. The molecule has 1 aliphatic heterocycles. The highest BCUT2D eigenvalue weighted by Gasteiger charge is 2.18. The normalized spacial score (nSPS) is 14.2. The van der Waals surface area contributed by atoms with Crippen molar-refractivity contribution in [2.45, 2.75) is 46.0 Å². The van der Waals surface area contributed by atoms with E-state index in [0.717, 1.165) is 13.1 Å². The first-order chi connectivity index (χ1) is 8.86. The van der Waals surface area contributed by atoms with Crippen LogP contribution in [0.4, 0.5) is 11.4 Å². The summed E-state index contributed by atoms with van der Waals surface area (Å²) in [4.78, 5) is 2.58. The molecule has 1 N–H and O–H groups in total. The second kappa shape index (κ2) is 6.67. The van der Waals surface area contributed by atoms with Crippen molar-refractivity contribution in [3.8, 4) is 0 Å². The van der Waals surface area contributed by atoms with Gasteiger partial charge in [-0.2, -0.15) is 0 Å². The van der Waals surface area contributed by atoms with Gasteiger partial charge in [0.1, 0.15) is 0 Å². The summed E-state index contributed by atoms with van der Waals surface area (Å²) < 4.78 is 0. The summed E-state index contributed by atoms with van der Waals surface area (Å²) in [6.45, 7) is 7.97. The fourth-order valence-electron chi connectivity index (χ4n) is 2.69. The fourth-order valence-corrected chi connectivity index (χ4v) is 2.69. The van der Waals surface area contributed by atoms with Crippen LogP contribution < -0.4 is 10.2 Å². The third-order valence-electron chi connectivity index (χ3n) is 3.71. The van der Waals surface area contributed by atoms with Gasteiger partial charge in [0.2, 0.25) is 0 Å². The molecule has 2 rings (SSSR count). The van der Waals surface area contributed by atoms with Crippen LogP contribution in [0.1, 0.15) is 45.1 Å². The maximum absolute atomic E-state index is 3.54. The van der Waals surface area contributed by atoms with Gasteiger partial charge in [-0.3, -0.25) is 0 Å². The van der Waals surface area contributed by atoms with Gasteiger partial charge in [0.05, 0.1) is 11.4 Å². The Morgan fingerprint density at radius 2 is 2.00 bits per heavy atom. The molecule has 0 bridgehead atoms. The lowest BCUT2D eigenvalue weighted by molar-refractivity contribution is 0.705. The van der Waals surface area contributed by atoms with E-state index in [1.54, 1.807) is 0 Å². The molecule has 100 valence electrons. The molecule has 0 radical (unpaired) electrons. The molecule has 0 spiro atoms. The Bertz CT molecular complexity index is 373. The molecule has 1 aliphatic rings. The first-order valence-electron chi connectivity index (χ1n) is 7.47. The smallest absolute Gasteiger partial charge is 0.0635 e. The number of nitrogens with zero attached hydrogens (tertiary/aromatic N) is 1. The molecule has 0 amide bonds. The maximum Gasteiger partial charge on any atom is 0.0635 e. The summed E-state index contributed by atoms with van der Waals surface area (Å²) in [6.07, 6.45) is 6.34. The van der Waals surface area contributed by atoms with Gasteiger partial charge in [-0.25, -0.2) is 0 Å². The van der Waals surface area contributed by atoms with E-state index < -0.39 is 0 Å². The van der Waals surface area contributed by atoms with Crippen LogP contribution in [0.25, 0.3) is 0 Å². The van der Waals surface area contributed by atoms with Crippen LogP contribution in [0, 0.1) is 0 Å². The van der Waals surface area contributed by atoms with Gasteiger partial charge < -0.3 is 10.2 Å². The molecule has 0 saturated heterocycles. The van der Waals surface area contributed by atoms with E-state index in [1.807, 2.05) is 0 Å². The number of para-hydroxylation sites is 1. The number of benzene rings is 1. The summed E-state index contributed by atoms with van der Waals surface area (Å²) >= 11 is 0. The van der Waals surface area contributed by atoms with Crippen molar-refractivity contribution in [3.05, 3.63) is 23.8 Å². The number of rotatable bonds is 6. The number of aryl methyl sites for hydroxylation is 1. The minimum absolute atomic E-state index is 1.08. The second-order valence-corrected chi connectivity index (χ2v) is 5.18. The van der Waals surface area contributed by atoms with Gasteiger partial charge in [-0.05, 0) is 30.9 Å². The van der Waals surface area contributed by atoms with Crippen LogP contribution in [0.2, 0.25) is 0 Å². The summed E-state index contributed by atoms with van der Waals surface area (Å²) in [5.41, 5.74) is 4.34. The molecule has 0 unspecified atom stereocenters. The van der Waals surface area contributed by atoms with Gasteiger partial charge in [0.15, 0.2) is 0 Å². The number of fused-ring (bicyclic) bond motifs is 1. The lowest BCUT2D eigenvalue weighted by atomic mass is 10.0. The van der Waals surface area contributed by atoms with Gasteiger partial charge in [-0.15, -0.1) is 0 Å². The average molecular weight is 246 g/mol. The molecule has 0 saturated carbocycles. The molecular weight excluding hydrogens is 220 g/mol. The highest BCUT2D eigenvalue weighted by Crippen LogP contribution is 2.33. The van der Waals surface area contributed by atoms with Crippen molar-refractivity contribution in [1.82, 2.24) is 0 Å². The Kier molecular flexibility index (Phi) is 4.91. The van der Waals surface area contributed by atoms with Crippen molar-refractivity contribution < 1.29 is 0 Å². The van der Waals surface area contributed by atoms with Crippen molar-refractivity contribution in [2.75, 3.05) is 29.9 Å². The van der Waals surface area contributed by atoms with E-state index in [1.165, 1.54) is 55.6 Å². The Morgan fingerprint density at radius 1 is 1.17 bits per heavy atom. The molecule has 1 aromatic rings. The Hall–Kier alpha value is -1.18. The minimum atomic E-state index is 1.08. The molecule has 0 aromatic heterocycles. The molecule has 0 fully saturated rings. The predicted octanol–water partition coefficient (Wildman–Crippen LogP) is 4.06. The van der Waals surface area contributed by atoms with Crippen LogP contribution in [-0.2, 0) is 6.42 Å². The molecule has 18 heavy (non-hydrogen) atoms. The predicted molar refractivity (Wildman–Crippen MR) is 80.7 cm³/mol. The van der Waals surface area contributed by atoms with Crippen molar-refractivity contribution in [1.29, 1.82) is 0 Å². The monoisotopic (exact) mass is 246 g/mol. The van der Waals surface area contributed by atoms with Crippen LogP contribution in [0.15, 0.2) is 18.2 Å². The van der Waals surface area contributed by atoms with E-state index in [-0.39, 0.29) is 0 Å². The molecule has 2 heteroatoms. The molecule has 0 aliphatic carbocycles. The Morgan fingerprint density at radius 3 is 2.78 bits per heavy atom. The third kappa shape index (κ3) is 2.98. The topological polar surface area (TPSA) is 15.3 Å². The van der Waals surface area contributed by atoms with Crippen LogP contribution in [-0.4, -0.2) is 19.6 Å². The van der Waals surface area contributed by atoms with Crippen molar-refractivity contribution in [3.63, 3.8) is 0 Å². The van der Waals surface area contributed by atoms with Gasteiger partial charge in [0.25, 0.3) is 0 Å². The quantitative estimate of drug-likeness (QED) is 0.814. The molecule has 2 nitrogen and oxygen atoms in total. The minimum Gasteiger partial charge on any atom is -0.382 e. The van der Waals surface area contributed by atoms with Crippen molar-refractivity contribution >= 4 is 11.4 Å². The number of hydrogen-bond donors (Lipinski definition) is 1. The molecule has 1 heterocycles. The summed E-state index contributed by atoms with van der Waals surface area (Å²) in [5, 5.41) is 3.54. The van der Waals surface area contributed by atoms with E-state index in [0.29, 0.717) is 0 Å². The molecule has 0 atom stereocenters. The zero-order valence-electron chi connectivity index (χ0n) is 11.8. The fraction of sp³-hybridized carbons (Fsp3) is 0.625. The maximum atomic E-state index is 3.54. The lowest BCUT2D eigenvalue weighted by Crippen LogP contribution is -2.35. The van der Waals surface area contributed by atoms with Gasteiger partial charge >= 0.3 is 0 Å². The third-order valence-corrected chi connectivity index (χ3v) is 3.71. The lowest BCUT2D eigenvalue weighted by Gasteiger charge is -2.34. The number of unbranched alkanes of at least 4 members (excludes halogenated alkanes) is 2. The van der Waals surface area contributed by atoms with E-state index in [4.69, 9.17) is 0 Å². The van der Waals surface area contributed by atoms with Gasteiger partial charge in [0, 0.05) is 19.6 Å². The van der Waals surface area contributed by atoms with Crippen LogP contribution in [0.3, 0.4) is 0 Å². The Balaban J connectivity index is 2.21. The van der Waals surface area contributed by atoms with Gasteiger partial charge in [-0.1, -0.05) is 38.8 Å². The van der Waals surface area contributed by atoms with E-state index in [9.17, 15) is 0 Å². The number of hydrogen-bond acceptors (Lipinski definition) is 2. The largest absolute Gasteiger partial charge is 0.382 e. The standard InChI is InChI=1S/C16H26N2/c1-3-5-8-14-9-7-10-15-16(14)18(12-6-4-2)13-11-17-15/h7,9-10,17H,3-6,8,11-13H2,1-2H3. The summed E-state index contributed by atoms with van der Waals surface area (Å²) in [7, 11) is 0. The Labute approximate surface area is 111 Å². The highest BCUT2D eigenvalue weighted by molar-refractivity contribution is 5.75. The zero-order chi connectivity index (χ0) is 12.8. The van der Waals surface area contributed by atoms with E-state index >= 15 is 0 Å². The molecule has 1 aromatic carbocycles. The highest BCUT2D eigenvalue weighted by atomic mass is 15.2. The first kappa shape index (κ1) is 13.3.